The van der Waals surface area contributed by atoms with Gasteiger partial charge in [0.15, 0.2) is 5.76 Å². The van der Waals surface area contributed by atoms with Gasteiger partial charge in [-0.05, 0) is 37.3 Å². The van der Waals surface area contributed by atoms with E-state index in [4.69, 9.17) is 20.8 Å². The van der Waals surface area contributed by atoms with E-state index in [2.05, 4.69) is 0 Å². The van der Waals surface area contributed by atoms with Crippen LogP contribution < -0.4 is 4.74 Å². The summed E-state index contributed by atoms with van der Waals surface area (Å²) >= 11 is 6.04. The molecule has 25 heavy (non-hydrogen) atoms. The van der Waals surface area contributed by atoms with Crippen LogP contribution in [0.5, 0.6) is 5.75 Å². The van der Waals surface area contributed by atoms with E-state index in [1.165, 1.54) is 17.0 Å². The average Bonchev–Trinajstić information content (AvgIpc) is 2.93. The van der Waals surface area contributed by atoms with Crippen molar-refractivity contribution in [1.29, 1.82) is 0 Å². The summed E-state index contributed by atoms with van der Waals surface area (Å²) in [5, 5.41) is 1.09. The highest BCUT2D eigenvalue weighted by Gasteiger charge is 2.22. The Morgan fingerprint density at radius 3 is 2.76 bits per heavy atom. The lowest BCUT2D eigenvalue weighted by Crippen LogP contribution is -2.27. The van der Waals surface area contributed by atoms with Crippen molar-refractivity contribution in [2.45, 2.75) is 13.5 Å². The van der Waals surface area contributed by atoms with Crippen LogP contribution in [-0.4, -0.2) is 25.0 Å². The van der Waals surface area contributed by atoms with Crippen LogP contribution in [0.4, 0.5) is 4.39 Å². The van der Waals surface area contributed by atoms with Gasteiger partial charge in [-0.1, -0.05) is 17.7 Å². The van der Waals surface area contributed by atoms with E-state index in [9.17, 15) is 9.18 Å². The lowest BCUT2D eigenvalue weighted by molar-refractivity contribution is 0.0753. The summed E-state index contributed by atoms with van der Waals surface area (Å²) in [6.07, 6.45) is 0. The maximum absolute atomic E-state index is 13.9. The Balaban J connectivity index is 1.92. The van der Waals surface area contributed by atoms with Crippen LogP contribution in [0.3, 0.4) is 0 Å². The first-order chi connectivity index (χ1) is 11.9. The molecule has 0 aliphatic heterocycles. The third-order valence-corrected chi connectivity index (χ3v) is 4.50. The topological polar surface area (TPSA) is 42.7 Å². The van der Waals surface area contributed by atoms with Gasteiger partial charge in [0.05, 0.1) is 13.7 Å². The van der Waals surface area contributed by atoms with Gasteiger partial charge < -0.3 is 14.1 Å². The van der Waals surface area contributed by atoms with Gasteiger partial charge in [-0.15, -0.1) is 0 Å². The number of nitrogens with zero attached hydrogens (tertiary/aromatic N) is 1. The second-order valence-corrected chi connectivity index (χ2v) is 6.19. The van der Waals surface area contributed by atoms with Crippen molar-refractivity contribution in [3.05, 3.63) is 64.1 Å². The van der Waals surface area contributed by atoms with Gasteiger partial charge in [-0.25, -0.2) is 4.39 Å². The number of rotatable bonds is 4. The molecule has 0 N–H and O–H groups in total. The highest BCUT2D eigenvalue weighted by atomic mass is 35.5. The molecule has 2 aromatic carbocycles. The van der Waals surface area contributed by atoms with Crippen LogP contribution >= 0.6 is 11.6 Å². The number of methoxy groups -OCH3 is 1. The molecule has 1 aromatic heterocycles. The number of halogens is 2. The normalized spacial score (nSPS) is 10.9. The minimum atomic E-state index is -0.446. The summed E-state index contributed by atoms with van der Waals surface area (Å²) in [5.41, 5.74) is 1.58. The summed E-state index contributed by atoms with van der Waals surface area (Å²) in [5.74, 6) is 0.116. The van der Waals surface area contributed by atoms with Crippen LogP contribution in [0, 0.1) is 12.7 Å². The third-order valence-electron chi connectivity index (χ3n) is 4.14. The van der Waals surface area contributed by atoms with Crippen LogP contribution in [0.1, 0.15) is 21.7 Å². The van der Waals surface area contributed by atoms with Crippen LogP contribution in [-0.2, 0) is 6.54 Å². The summed E-state index contributed by atoms with van der Waals surface area (Å²) in [4.78, 5) is 14.1. The van der Waals surface area contributed by atoms with Crippen molar-refractivity contribution in [3.8, 4) is 5.75 Å². The fourth-order valence-corrected chi connectivity index (χ4v) is 2.92. The summed E-state index contributed by atoms with van der Waals surface area (Å²) < 4.78 is 24.9. The highest BCUT2D eigenvalue weighted by molar-refractivity contribution is 6.31. The lowest BCUT2D eigenvalue weighted by Gasteiger charge is -2.17. The second kappa shape index (κ2) is 6.76. The molecule has 3 aromatic rings. The fourth-order valence-electron chi connectivity index (χ4n) is 2.70. The molecule has 0 aliphatic rings. The average molecular weight is 362 g/mol. The number of aryl methyl sites for hydroxylation is 1. The molecule has 130 valence electrons. The molecule has 6 heteroatoms. The smallest absolute Gasteiger partial charge is 0.289 e. The van der Waals surface area contributed by atoms with E-state index < -0.39 is 5.82 Å². The van der Waals surface area contributed by atoms with Crippen LogP contribution in [0.15, 0.2) is 40.8 Å². The van der Waals surface area contributed by atoms with Gasteiger partial charge >= 0.3 is 0 Å². The molecule has 0 unspecified atom stereocenters. The monoisotopic (exact) mass is 361 g/mol. The van der Waals surface area contributed by atoms with Crippen molar-refractivity contribution >= 4 is 28.5 Å². The van der Waals surface area contributed by atoms with E-state index >= 15 is 0 Å². The molecule has 4 nitrogen and oxygen atoms in total. The number of benzene rings is 2. The Hall–Kier alpha value is -2.53. The van der Waals surface area contributed by atoms with Crippen LogP contribution in [0.2, 0.25) is 5.02 Å². The molecular formula is C19H17ClFNO3. The number of carbonyl (C=O) groups is 1. The number of amides is 1. The quantitative estimate of drug-likeness (QED) is 0.669. The molecule has 0 aliphatic carbocycles. The summed E-state index contributed by atoms with van der Waals surface area (Å²) in [6.45, 7) is 1.85. The minimum absolute atomic E-state index is 0.0458. The molecule has 0 saturated carbocycles. The second-order valence-electron chi connectivity index (χ2n) is 5.78. The van der Waals surface area contributed by atoms with Gasteiger partial charge in [-0.3, -0.25) is 4.79 Å². The molecule has 3 rings (SSSR count). The number of fused-ring (bicyclic) bond motifs is 1. The number of furan rings is 1. The van der Waals surface area contributed by atoms with Gasteiger partial charge in [0.2, 0.25) is 0 Å². The molecule has 0 radical (unpaired) electrons. The zero-order chi connectivity index (χ0) is 18.1. The zero-order valence-corrected chi connectivity index (χ0v) is 14.9. The summed E-state index contributed by atoms with van der Waals surface area (Å²) in [6, 6.07) is 9.78. The maximum atomic E-state index is 13.9. The summed E-state index contributed by atoms with van der Waals surface area (Å²) in [7, 11) is 3.16. The highest BCUT2D eigenvalue weighted by Crippen LogP contribution is 2.30. The first-order valence-electron chi connectivity index (χ1n) is 7.68. The Bertz CT molecular complexity index is 931. The SMILES string of the molecule is COc1ccc2oc(C(=O)N(C)Cc3c(F)cccc3Cl)c(C)c2c1. The predicted octanol–water partition coefficient (Wildman–Crippen LogP) is 4.81. The first-order valence-corrected chi connectivity index (χ1v) is 8.05. The number of hydrogen-bond donors (Lipinski definition) is 0. The largest absolute Gasteiger partial charge is 0.497 e. The maximum Gasteiger partial charge on any atom is 0.289 e. The molecular weight excluding hydrogens is 345 g/mol. The molecule has 0 fully saturated rings. The van der Waals surface area contributed by atoms with Crippen molar-refractivity contribution in [1.82, 2.24) is 4.90 Å². The molecule has 1 heterocycles. The van der Waals surface area contributed by atoms with Crippen molar-refractivity contribution in [2.75, 3.05) is 14.2 Å². The van der Waals surface area contributed by atoms with Gasteiger partial charge in [0.1, 0.15) is 17.1 Å². The standard InChI is InChI=1S/C19H17ClFNO3/c1-11-13-9-12(24-3)7-8-17(13)25-18(11)19(23)22(2)10-14-15(20)5-4-6-16(14)21/h4-9H,10H2,1-3H3. The number of hydrogen-bond acceptors (Lipinski definition) is 3. The van der Waals surface area contributed by atoms with Crippen molar-refractivity contribution in [3.63, 3.8) is 0 Å². The Labute approximate surface area is 149 Å². The molecule has 1 amide bonds. The van der Waals surface area contributed by atoms with Gasteiger partial charge in [0.25, 0.3) is 5.91 Å². The number of ether oxygens (including phenoxy) is 1. The minimum Gasteiger partial charge on any atom is -0.497 e. The van der Waals surface area contributed by atoms with E-state index in [-0.39, 0.29) is 28.8 Å². The molecule has 0 bridgehead atoms. The fraction of sp³-hybridized carbons (Fsp3) is 0.211. The third kappa shape index (κ3) is 3.20. The van der Waals surface area contributed by atoms with Crippen molar-refractivity contribution in [2.24, 2.45) is 0 Å². The van der Waals surface area contributed by atoms with E-state index in [0.717, 1.165) is 5.39 Å². The molecule has 0 atom stereocenters. The molecule has 0 saturated heterocycles. The van der Waals surface area contributed by atoms with Gasteiger partial charge in [0, 0.05) is 28.6 Å². The van der Waals surface area contributed by atoms with E-state index in [1.807, 2.05) is 13.0 Å². The lowest BCUT2D eigenvalue weighted by atomic mass is 10.1. The Kier molecular flexibility index (Phi) is 4.68. The Morgan fingerprint density at radius 1 is 1.32 bits per heavy atom. The van der Waals surface area contributed by atoms with E-state index in [1.54, 1.807) is 32.4 Å². The molecule has 0 spiro atoms. The van der Waals surface area contributed by atoms with Crippen molar-refractivity contribution < 1.29 is 18.3 Å². The number of carbonyl (C=O) groups excluding carboxylic acids is 1. The van der Waals surface area contributed by atoms with E-state index in [0.29, 0.717) is 16.9 Å². The zero-order valence-electron chi connectivity index (χ0n) is 14.1. The Morgan fingerprint density at radius 2 is 2.08 bits per heavy atom. The first kappa shape index (κ1) is 17.3. The van der Waals surface area contributed by atoms with Crippen LogP contribution in [0.25, 0.3) is 11.0 Å². The van der Waals surface area contributed by atoms with Gasteiger partial charge in [-0.2, -0.15) is 0 Å². The predicted molar refractivity (Wildman–Crippen MR) is 94.7 cm³/mol.